The average molecular weight is 271 g/mol. The molecule has 0 aliphatic rings. The molecule has 95 valence electrons. The van der Waals surface area contributed by atoms with E-state index in [9.17, 15) is 0 Å². The monoisotopic (exact) mass is 271 g/mol. The van der Waals surface area contributed by atoms with E-state index in [2.05, 4.69) is 83.0 Å². The minimum absolute atomic E-state index is 0.316. The normalized spacial score (nSPS) is 11.2. The van der Waals surface area contributed by atoms with Gasteiger partial charge < -0.3 is 0 Å². The molecule has 3 radical (unpaired) electrons. The highest BCUT2D eigenvalue weighted by molar-refractivity contribution is 6.20. The van der Waals surface area contributed by atoms with Crippen molar-refractivity contribution in [1.29, 1.82) is 0 Å². The van der Waals surface area contributed by atoms with Gasteiger partial charge in [-0.15, -0.1) is 0 Å². The molecule has 3 aromatic rings. The summed E-state index contributed by atoms with van der Waals surface area (Å²) in [6.45, 7) is 0. The second-order valence-corrected chi connectivity index (χ2v) is 5.60. The van der Waals surface area contributed by atoms with Crippen LogP contribution in [0.3, 0.4) is 0 Å². The smallest absolute Gasteiger partial charge is 0.0510 e. The van der Waals surface area contributed by atoms with Gasteiger partial charge in [-0.25, -0.2) is 0 Å². The molecular weight excluding hydrogens is 256 g/mol. The lowest BCUT2D eigenvalue weighted by atomic mass is 9.84. The lowest BCUT2D eigenvalue weighted by Gasteiger charge is -2.31. The highest BCUT2D eigenvalue weighted by Crippen LogP contribution is 2.35. The number of benzene rings is 3. The van der Waals surface area contributed by atoms with Crippen LogP contribution in [0.2, 0.25) is 0 Å². The molecule has 0 saturated carbocycles. The third kappa shape index (κ3) is 2.21. The third-order valence-corrected chi connectivity index (χ3v) is 4.49. The topological polar surface area (TPSA) is 0 Å². The highest BCUT2D eigenvalue weighted by Gasteiger charge is 2.30. The van der Waals surface area contributed by atoms with Crippen LogP contribution in [-0.2, 0) is 5.04 Å². The zero-order valence-electron chi connectivity index (χ0n) is 11.2. The van der Waals surface area contributed by atoms with Crippen molar-refractivity contribution in [2.45, 2.75) is 5.04 Å². The Morgan fingerprint density at radius 3 is 0.950 bits per heavy atom. The number of hydrogen-bond acceptors (Lipinski definition) is 0. The van der Waals surface area contributed by atoms with Crippen molar-refractivity contribution in [3.05, 3.63) is 108 Å². The van der Waals surface area contributed by atoms with Crippen molar-refractivity contribution < 1.29 is 0 Å². The van der Waals surface area contributed by atoms with Gasteiger partial charge in [0, 0.05) is 5.04 Å². The minimum atomic E-state index is -0.316. The Bertz CT molecular complexity index is 563. The average Bonchev–Trinajstić information content (AvgIpc) is 2.56. The van der Waals surface area contributed by atoms with E-state index < -0.39 is 0 Å². The lowest BCUT2D eigenvalue weighted by Crippen LogP contribution is -2.29. The molecule has 0 bridgehead atoms. The molecule has 0 heterocycles. The first-order valence-corrected chi connectivity index (χ1v) is 7.23. The fourth-order valence-electron chi connectivity index (χ4n) is 2.56. The number of rotatable bonds is 3. The first-order chi connectivity index (χ1) is 9.82. The van der Waals surface area contributed by atoms with Crippen LogP contribution in [-0.4, -0.2) is 10.2 Å². The SMILES string of the molecule is [Si]C(c1ccccc1)(c1ccccc1)c1ccccc1. The summed E-state index contributed by atoms with van der Waals surface area (Å²) >= 11 is 0. The summed E-state index contributed by atoms with van der Waals surface area (Å²) in [5, 5.41) is -0.316. The van der Waals surface area contributed by atoms with Crippen LogP contribution in [0.1, 0.15) is 16.7 Å². The predicted octanol–water partition coefficient (Wildman–Crippen LogP) is 4.15. The third-order valence-electron chi connectivity index (χ3n) is 3.62. The second kappa shape index (κ2) is 5.47. The van der Waals surface area contributed by atoms with Crippen molar-refractivity contribution in [3.8, 4) is 0 Å². The van der Waals surface area contributed by atoms with Gasteiger partial charge in [0.25, 0.3) is 0 Å². The molecule has 0 amide bonds. The zero-order valence-corrected chi connectivity index (χ0v) is 12.2. The summed E-state index contributed by atoms with van der Waals surface area (Å²) in [5.74, 6) is 0. The molecule has 0 nitrogen and oxygen atoms in total. The van der Waals surface area contributed by atoms with E-state index >= 15 is 0 Å². The van der Waals surface area contributed by atoms with Gasteiger partial charge in [0.15, 0.2) is 0 Å². The van der Waals surface area contributed by atoms with Crippen LogP contribution in [0.5, 0.6) is 0 Å². The van der Waals surface area contributed by atoms with E-state index in [1.165, 1.54) is 16.7 Å². The highest BCUT2D eigenvalue weighted by atomic mass is 28.1. The molecule has 0 unspecified atom stereocenters. The second-order valence-electron chi connectivity index (χ2n) is 4.85. The molecule has 0 atom stereocenters. The summed E-state index contributed by atoms with van der Waals surface area (Å²) in [6.07, 6.45) is 0. The van der Waals surface area contributed by atoms with Crippen LogP contribution >= 0.6 is 0 Å². The molecule has 3 rings (SSSR count). The van der Waals surface area contributed by atoms with Crippen molar-refractivity contribution in [2.24, 2.45) is 0 Å². The molecule has 0 aromatic heterocycles. The first kappa shape index (κ1) is 12.9. The molecule has 1 heteroatoms. The van der Waals surface area contributed by atoms with Crippen molar-refractivity contribution >= 4 is 10.2 Å². The molecule has 0 spiro atoms. The first-order valence-electron chi connectivity index (χ1n) is 6.73. The Hall–Kier alpha value is -2.12. The van der Waals surface area contributed by atoms with Gasteiger partial charge in [0.1, 0.15) is 0 Å². The van der Waals surface area contributed by atoms with Gasteiger partial charge >= 0.3 is 0 Å². The maximum Gasteiger partial charge on any atom is 0.0510 e. The molecular formula is C19H15Si. The molecule has 0 saturated heterocycles. The van der Waals surface area contributed by atoms with E-state index in [-0.39, 0.29) is 5.04 Å². The molecule has 0 N–H and O–H groups in total. The summed E-state index contributed by atoms with van der Waals surface area (Å²) < 4.78 is 0. The summed E-state index contributed by atoms with van der Waals surface area (Å²) in [7, 11) is 4.07. The van der Waals surface area contributed by atoms with E-state index in [0.29, 0.717) is 0 Å². The minimum Gasteiger partial charge on any atom is -0.0622 e. The Balaban J connectivity index is 2.24. The molecule has 0 fully saturated rings. The van der Waals surface area contributed by atoms with E-state index in [1.807, 2.05) is 18.2 Å². The molecule has 0 aliphatic carbocycles. The Morgan fingerprint density at radius 1 is 0.450 bits per heavy atom. The maximum absolute atomic E-state index is 4.07. The van der Waals surface area contributed by atoms with Crippen molar-refractivity contribution in [1.82, 2.24) is 0 Å². The number of hydrogen-bond donors (Lipinski definition) is 0. The van der Waals surface area contributed by atoms with Gasteiger partial charge in [0.05, 0.1) is 10.2 Å². The summed E-state index contributed by atoms with van der Waals surface area (Å²) in [5.41, 5.74) is 3.69. The Kier molecular flexibility index (Phi) is 3.53. The van der Waals surface area contributed by atoms with Gasteiger partial charge in [-0.05, 0) is 16.7 Å². The van der Waals surface area contributed by atoms with Crippen LogP contribution in [0.15, 0.2) is 91.0 Å². The van der Waals surface area contributed by atoms with Crippen molar-refractivity contribution in [3.63, 3.8) is 0 Å². The fourth-order valence-corrected chi connectivity index (χ4v) is 3.06. The van der Waals surface area contributed by atoms with Gasteiger partial charge in [-0.2, -0.15) is 0 Å². The van der Waals surface area contributed by atoms with Crippen LogP contribution in [0.4, 0.5) is 0 Å². The van der Waals surface area contributed by atoms with Crippen LogP contribution in [0.25, 0.3) is 0 Å². The van der Waals surface area contributed by atoms with Crippen LogP contribution < -0.4 is 0 Å². The molecule has 3 aromatic carbocycles. The Labute approximate surface area is 123 Å². The van der Waals surface area contributed by atoms with Crippen LogP contribution in [0, 0.1) is 0 Å². The molecule has 0 aliphatic heterocycles. The van der Waals surface area contributed by atoms with E-state index in [1.54, 1.807) is 0 Å². The Morgan fingerprint density at radius 2 is 0.700 bits per heavy atom. The molecule has 20 heavy (non-hydrogen) atoms. The lowest BCUT2D eigenvalue weighted by molar-refractivity contribution is 0.877. The van der Waals surface area contributed by atoms with E-state index in [0.717, 1.165) is 0 Å². The van der Waals surface area contributed by atoms with Gasteiger partial charge in [-0.1, -0.05) is 91.0 Å². The summed E-state index contributed by atoms with van der Waals surface area (Å²) in [6, 6.07) is 31.6. The maximum atomic E-state index is 4.07. The van der Waals surface area contributed by atoms with E-state index in [4.69, 9.17) is 0 Å². The largest absolute Gasteiger partial charge is 0.0622 e. The van der Waals surface area contributed by atoms with Gasteiger partial charge in [0.2, 0.25) is 0 Å². The van der Waals surface area contributed by atoms with Gasteiger partial charge in [-0.3, -0.25) is 0 Å². The zero-order chi connectivity index (χ0) is 13.8. The summed E-state index contributed by atoms with van der Waals surface area (Å²) in [4.78, 5) is 0. The predicted molar refractivity (Wildman–Crippen MR) is 85.0 cm³/mol. The van der Waals surface area contributed by atoms with Crippen molar-refractivity contribution in [2.75, 3.05) is 0 Å². The fraction of sp³-hybridized carbons (Fsp3) is 0.0526. The standard InChI is InChI=1S/C19H15Si/c20-19(16-10-4-1-5-11-16,17-12-6-2-7-13-17)18-14-8-3-9-15-18/h1-15H. The quantitative estimate of drug-likeness (QED) is 0.496.